The molecule has 0 heterocycles. The second-order valence-electron chi connectivity index (χ2n) is 5.02. The average molecular weight is 308 g/mol. The standard InChI is InChI=1S/C16H24N2O2S/c1-4-6-7-11(5-2)16(19)18-13-9-8-12(15(17)21)10-14(13)20-3/h8-11H,4-7H2,1-3H3,(H2,17,21)(H,18,19). The first kappa shape index (κ1) is 17.4. The molecule has 1 aromatic carbocycles. The number of ether oxygens (including phenoxy) is 1. The molecule has 116 valence electrons. The minimum atomic E-state index is 0.0323. The van der Waals surface area contributed by atoms with Gasteiger partial charge in [-0.05, 0) is 31.0 Å². The quantitative estimate of drug-likeness (QED) is 0.722. The first-order valence-electron chi connectivity index (χ1n) is 7.32. The number of nitrogens with two attached hydrogens (primary N) is 1. The summed E-state index contributed by atoms with van der Waals surface area (Å²) in [5.74, 6) is 0.635. The van der Waals surface area contributed by atoms with Crippen LogP contribution in [-0.2, 0) is 4.79 Å². The maximum atomic E-state index is 12.3. The van der Waals surface area contributed by atoms with Gasteiger partial charge < -0.3 is 15.8 Å². The lowest BCUT2D eigenvalue weighted by Gasteiger charge is -2.16. The van der Waals surface area contributed by atoms with Gasteiger partial charge >= 0.3 is 0 Å². The number of hydrogen-bond acceptors (Lipinski definition) is 3. The lowest BCUT2D eigenvalue weighted by molar-refractivity contribution is -0.120. The van der Waals surface area contributed by atoms with Gasteiger partial charge in [-0.25, -0.2) is 0 Å². The van der Waals surface area contributed by atoms with E-state index in [1.807, 2.05) is 6.92 Å². The van der Waals surface area contributed by atoms with Gasteiger partial charge in [-0.2, -0.15) is 0 Å². The highest BCUT2D eigenvalue weighted by Gasteiger charge is 2.17. The molecule has 21 heavy (non-hydrogen) atoms. The van der Waals surface area contributed by atoms with Gasteiger partial charge in [0.05, 0.1) is 12.8 Å². The Hall–Kier alpha value is -1.62. The summed E-state index contributed by atoms with van der Waals surface area (Å²) in [6.45, 7) is 4.16. The zero-order chi connectivity index (χ0) is 15.8. The molecule has 0 spiro atoms. The molecule has 0 fully saturated rings. The molecule has 1 aromatic rings. The highest BCUT2D eigenvalue weighted by atomic mass is 32.1. The summed E-state index contributed by atoms with van der Waals surface area (Å²) >= 11 is 4.94. The summed E-state index contributed by atoms with van der Waals surface area (Å²) in [4.78, 5) is 12.6. The number of amides is 1. The summed E-state index contributed by atoms with van der Waals surface area (Å²) in [6, 6.07) is 5.30. The molecule has 0 aliphatic carbocycles. The van der Waals surface area contributed by atoms with Gasteiger partial charge in [0.2, 0.25) is 5.91 Å². The van der Waals surface area contributed by atoms with E-state index in [1.54, 1.807) is 25.3 Å². The summed E-state index contributed by atoms with van der Waals surface area (Å²) in [5, 5.41) is 2.94. The Bertz CT molecular complexity index is 503. The van der Waals surface area contributed by atoms with Crippen LogP contribution in [-0.4, -0.2) is 18.0 Å². The van der Waals surface area contributed by atoms with Crippen molar-refractivity contribution in [2.75, 3.05) is 12.4 Å². The number of methoxy groups -OCH3 is 1. The van der Waals surface area contributed by atoms with E-state index < -0.39 is 0 Å². The Balaban J connectivity index is 2.86. The number of thiocarbonyl (C=S) groups is 1. The Labute approximate surface area is 132 Å². The van der Waals surface area contributed by atoms with Crippen molar-refractivity contribution in [1.82, 2.24) is 0 Å². The van der Waals surface area contributed by atoms with Gasteiger partial charge in [0.1, 0.15) is 10.7 Å². The predicted molar refractivity (Wildman–Crippen MR) is 90.8 cm³/mol. The van der Waals surface area contributed by atoms with Crippen LogP contribution in [0.5, 0.6) is 5.75 Å². The number of carbonyl (C=O) groups excluding carboxylic acids is 1. The van der Waals surface area contributed by atoms with Crippen LogP contribution >= 0.6 is 12.2 Å². The SMILES string of the molecule is CCCCC(CC)C(=O)Nc1ccc(C(N)=S)cc1OC. The van der Waals surface area contributed by atoms with Crippen molar-refractivity contribution in [3.63, 3.8) is 0 Å². The highest BCUT2D eigenvalue weighted by Crippen LogP contribution is 2.27. The summed E-state index contributed by atoms with van der Waals surface area (Å²) in [5.41, 5.74) is 6.97. The van der Waals surface area contributed by atoms with E-state index in [1.165, 1.54) is 0 Å². The molecule has 5 heteroatoms. The maximum Gasteiger partial charge on any atom is 0.227 e. The fourth-order valence-electron chi connectivity index (χ4n) is 2.15. The number of rotatable bonds is 8. The average Bonchev–Trinajstić information content (AvgIpc) is 2.48. The molecular weight excluding hydrogens is 284 g/mol. The molecule has 1 amide bonds. The maximum absolute atomic E-state index is 12.3. The van der Waals surface area contributed by atoms with Gasteiger partial charge in [-0.15, -0.1) is 0 Å². The molecule has 0 aromatic heterocycles. The van der Waals surface area contributed by atoms with Crippen LogP contribution in [0.2, 0.25) is 0 Å². The number of unbranched alkanes of at least 4 members (excludes halogenated alkanes) is 1. The second kappa shape index (κ2) is 8.62. The lowest BCUT2D eigenvalue weighted by atomic mass is 9.98. The highest BCUT2D eigenvalue weighted by molar-refractivity contribution is 7.80. The van der Waals surface area contributed by atoms with Crippen LogP contribution in [0.25, 0.3) is 0 Å². The lowest BCUT2D eigenvalue weighted by Crippen LogP contribution is -2.22. The predicted octanol–water partition coefficient (Wildman–Crippen LogP) is 3.48. The summed E-state index contributed by atoms with van der Waals surface area (Å²) in [7, 11) is 1.56. The van der Waals surface area contributed by atoms with Crippen molar-refractivity contribution < 1.29 is 9.53 Å². The third-order valence-corrected chi connectivity index (χ3v) is 3.75. The Morgan fingerprint density at radius 1 is 1.43 bits per heavy atom. The van der Waals surface area contributed by atoms with Crippen LogP contribution in [0.1, 0.15) is 45.1 Å². The Kier molecular flexibility index (Phi) is 7.15. The van der Waals surface area contributed by atoms with E-state index in [2.05, 4.69) is 12.2 Å². The molecule has 0 saturated carbocycles. The normalized spacial score (nSPS) is 11.8. The molecule has 0 aliphatic heterocycles. The van der Waals surface area contributed by atoms with Crippen molar-refractivity contribution >= 4 is 28.8 Å². The van der Waals surface area contributed by atoms with Crippen molar-refractivity contribution in [3.8, 4) is 5.75 Å². The topological polar surface area (TPSA) is 64.4 Å². The molecule has 3 N–H and O–H groups in total. The number of hydrogen-bond donors (Lipinski definition) is 2. The smallest absolute Gasteiger partial charge is 0.227 e. The van der Waals surface area contributed by atoms with Crippen LogP contribution < -0.4 is 15.8 Å². The molecule has 0 bridgehead atoms. The Morgan fingerprint density at radius 3 is 2.67 bits per heavy atom. The van der Waals surface area contributed by atoms with E-state index in [0.29, 0.717) is 16.4 Å². The third-order valence-electron chi connectivity index (χ3n) is 3.51. The van der Waals surface area contributed by atoms with Crippen molar-refractivity contribution in [3.05, 3.63) is 23.8 Å². The van der Waals surface area contributed by atoms with E-state index >= 15 is 0 Å². The number of benzene rings is 1. The number of nitrogens with one attached hydrogen (secondary N) is 1. The number of carbonyl (C=O) groups is 1. The summed E-state index contributed by atoms with van der Waals surface area (Å²) in [6.07, 6.45) is 3.89. The van der Waals surface area contributed by atoms with Crippen LogP contribution in [0.4, 0.5) is 5.69 Å². The molecule has 0 aliphatic rings. The van der Waals surface area contributed by atoms with Crippen molar-refractivity contribution in [2.24, 2.45) is 11.7 Å². The summed E-state index contributed by atoms with van der Waals surface area (Å²) < 4.78 is 5.30. The van der Waals surface area contributed by atoms with Gasteiger partial charge in [0.15, 0.2) is 0 Å². The molecule has 1 rings (SSSR count). The number of anilines is 1. The van der Waals surface area contributed by atoms with E-state index in [4.69, 9.17) is 22.7 Å². The van der Waals surface area contributed by atoms with Crippen molar-refractivity contribution in [2.45, 2.75) is 39.5 Å². The van der Waals surface area contributed by atoms with E-state index in [9.17, 15) is 4.79 Å². The second-order valence-corrected chi connectivity index (χ2v) is 5.46. The minimum absolute atomic E-state index is 0.0323. The fraction of sp³-hybridized carbons (Fsp3) is 0.500. The van der Waals surface area contributed by atoms with Gasteiger partial charge in [0, 0.05) is 11.5 Å². The largest absolute Gasteiger partial charge is 0.495 e. The molecule has 1 atom stereocenters. The molecule has 0 saturated heterocycles. The van der Waals surface area contributed by atoms with Crippen LogP contribution in [0.3, 0.4) is 0 Å². The fourth-order valence-corrected chi connectivity index (χ4v) is 2.28. The van der Waals surface area contributed by atoms with Gasteiger partial charge in [-0.3, -0.25) is 4.79 Å². The Morgan fingerprint density at radius 2 is 2.14 bits per heavy atom. The van der Waals surface area contributed by atoms with Crippen molar-refractivity contribution in [1.29, 1.82) is 0 Å². The van der Waals surface area contributed by atoms with Crippen LogP contribution in [0, 0.1) is 5.92 Å². The molecule has 4 nitrogen and oxygen atoms in total. The van der Waals surface area contributed by atoms with Crippen LogP contribution in [0.15, 0.2) is 18.2 Å². The van der Waals surface area contributed by atoms with Gasteiger partial charge in [0.25, 0.3) is 0 Å². The molecule has 0 radical (unpaired) electrons. The molecular formula is C16H24N2O2S. The minimum Gasteiger partial charge on any atom is -0.495 e. The first-order chi connectivity index (χ1) is 10.0. The van der Waals surface area contributed by atoms with Gasteiger partial charge in [-0.1, -0.05) is 38.9 Å². The molecule has 1 unspecified atom stereocenters. The first-order valence-corrected chi connectivity index (χ1v) is 7.72. The third kappa shape index (κ3) is 5.01. The zero-order valence-electron chi connectivity index (χ0n) is 12.9. The van der Waals surface area contributed by atoms with E-state index in [-0.39, 0.29) is 11.8 Å². The zero-order valence-corrected chi connectivity index (χ0v) is 13.8. The van der Waals surface area contributed by atoms with E-state index in [0.717, 1.165) is 31.2 Å². The monoisotopic (exact) mass is 308 g/mol.